The van der Waals surface area contributed by atoms with Gasteiger partial charge in [0, 0.05) is 70.3 Å². The number of carboxylic acids is 1. The van der Waals surface area contributed by atoms with E-state index in [4.69, 9.17) is 11.5 Å². The number of aliphatic carboxylic acids is 1. The highest BCUT2D eigenvalue weighted by Gasteiger charge is 2.85. The molecule has 13 atom stereocenters. The lowest BCUT2D eigenvalue weighted by molar-refractivity contribution is -0.200. The van der Waals surface area contributed by atoms with E-state index in [0.717, 1.165) is 17.6 Å². The van der Waals surface area contributed by atoms with Gasteiger partial charge in [-0.2, -0.15) is 0 Å². The quantitative estimate of drug-likeness (QED) is 0.0647. The van der Waals surface area contributed by atoms with E-state index < -0.39 is 79.2 Å². The molecule has 10 rings (SSSR count). The van der Waals surface area contributed by atoms with Crippen molar-refractivity contribution in [2.45, 2.75) is 133 Å². The van der Waals surface area contributed by atoms with Crippen molar-refractivity contribution in [2.75, 3.05) is 13.6 Å². The molecule has 0 radical (unpaired) electrons. The molecular weight excluding hydrogens is 821 g/mol. The Balaban J connectivity index is 1.27. The maximum absolute atomic E-state index is 16.0. The van der Waals surface area contributed by atoms with Crippen LogP contribution in [0.4, 0.5) is 0 Å². The molecule has 9 aliphatic carbocycles. The normalized spacial score (nSPS) is 46.1. The summed E-state index contributed by atoms with van der Waals surface area (Å²) < 4.78 is 0. The fraction of sp³-hybridized carbons (Fsp3) is 0.585. The number of nitrogens with zero attached hydrogens (tertiary/aromatic N) is 1. The number of nitrogens with two attached hydrogens (primary N) is 2. The SMILES string of the molecule is CNCCC(C(=O)O)=C1CCC2(N=C(N)N)C=CC3(CC4(O)C=CC5(O)C6=C7C(=O)CC3(C)C64CCC#CCC3(C)C(=O)CCC7(C)C3C5C3=Cc4ccccc4CC3)C(C)C2(O)C1O. The van der Waals surface area contributed by atoms with Gasteiger partial charge >= 0.3 is 5.97 Å². The molecule has 9 aliphatic rings. The summed E-state index contributed by atoms with van der Waals surface area (Å²) in [7, 11) is 1.71. The van der Waals surface area contributed by atoms with Crippen molar-refractivity contribution >= 4 is 29.6 Å². The van der Waals surface area contributed by atoms with Crippen LogP contribution < -0.4 is 16.8 Å². The van der Waals surface area contributed by atoms with E-state index in [1.165, 1.54) is 5.56 Å². The van der Waals surface area contributed by atoms with Gasteiger partial charge in [-0.3, -0.25) is 9.59 Å². The topological polar surface area (TPSA) is 229 Å². The Bertz CT molecular complexity index is 2610. The van der Waals surface area contributed by atoms with E-state index in [2.05, 4.69) is 47.3 Å². The van der Waals surface area contributed by atoms with Gasteiger partial charge in [-0.1, -0.05) is 81.8 Å². The zero-order valence-corrected chi connectivity index (χ0v) is 38.3. The number of carbonyl (C=O) groups is 3. The van der Waals surface area contributed by atoms with Crippen LogP contribution in [0.2, 0.25) is 0 Å². The van der Waals surface area contributed by atoms with Crippen molar-refractivity contribution < 1.29 is 39.9 Å². The zero-order valence-electron chi connectivity index (χ0n) is 38.3. The average Bonchev–Trinajstić information content (AvgIpc) is 3.41. The van der Waals surface area contributed by atoms with Crippen molar-refractivity contribution in [2.24, 2.45) is 61.3 Å². The number of carbonyl (C=O) groups excluding carboxylic acids is 2. The number of fused-ring (bicyclic) bond motifs is 4. The van der Waals surface area contributed by atoms with Crippen molar-refractivity contribution in [1.82, 2.24) is 5.32 Å². The van der Waals surface area contributed by atoms with Gasteiger partial charge in [-0.05, 0) is 105 Å². The molecule has 0 heterocycles. The largest absolute Gasteiger partial charge is 0.478 e. The third-order valence-electron chi connectivity index (χ3n) is 19.6. The number of hydrogen-bond donors (Lipinski definition) is 8. The Morgan fingerprint density at radius 3 is 2.42 bits per heavy atom. The van der Waals surface area contributed by atoms with E-state index in [1.807, 2.05) is 39.0 Å². The second-order valence-electron chi connectivity index (χ2n) is 22.0. The Morgan fingerprint density at radius 1 is 0.938 bits per heavy atom. The molecule has 1 aromatic rings. The van der Waals surface area contributed by atoms with E-state index in [-0.39, 0.29) is 80.0 Å². The number of Topliss-reactive ketones (excluding diaryl/α,β-unsaturated/α-hetero) is 2. The number of rotatable bonds is 6. The summed E-state index contributed by atoms with van der Waals surface area (Å²) in [5, 5.41) is 68.4. The highest BCUT2D eigenvalue weighted by atomic mass is 16.4. The second-order valence-corrected chi connectivity index (χ2v) is 22.0. The lowest BCUT2D eigenvalue weighted by Crippen LogP contribution is -2.74. The maximum Gasteiger partial charge on any atom is 0.331 e. The fourth-order valence-corrected chi connectivity index (χ4v) is 16.8. The standard InChI is InChI=1S/C53H64N4O8/c1-30-48(22-23-49(57-44(54)55)21-15-34(42(60)53(30,49)65)35(43(61)62)17-26-56-5)29-50(63)24-25-51(64)38(33-14-13-31-11-7-8-12-32(31)27-33)40-45(2)18-9-6-10-19-52(50)41(51)39(36(58)28-47(48,52)4)46(40,3)20-16-37(45)59/h7-8,11-12,22-25,27,30,38,40,42,56,60,63-65H,10,13-21,26,28-29H2,1-5H3,(H,61,62)(H4,54,55,57). The van der Waals surface area contributed by atoms with Gasteiger partial charge in [-0.25, -0.2) is 9.79 Å². The smallest absolute Gasteiger partial charge is 0.331 e. The molecule has 12 heteroatoms. The molecule has 65 heavy (non-hydrogen) atoms. The molecule has 1 aromatic carbocycles. The van der Waals surface area contributed by atoms with Crippen molar-refractivity contribution in [3.8, 4) is 11.8 Å². The van der Waals surface area contributed by atoms with Crippen molar-refractivity contribution in [3.05, 3.63) is 87.6 Å². The monoisotopic (exact) mass is 884 g/mol. The molecule has 12 nitrogen and oxygen atoms in total. The van der Waals surface area contributed by atoms with Gasteiger partial charge in [0.2, 0.25) is 0 Å². The predicted octanol–water partition coefficient (Wildman–Crippen LogP) is 4.60. The average molecular weight is 885 g/mol. The molecule has 0 aromatic heterocycles. The molecule has 0 saturated heterocycles. The van der Waals surface area contributed by atoms with Gasteiger partial charge in [0.1, 0.15) is 28.6 Å². The van der Waals surface area contributed by atoms with Gasteiger partial charge in [0.05, 0.1) is 5.60 Å². The maximum atomic E-state index is 16.0. The van der Waals surface area contributed by atoms with Crippen LogP contribution in [0.25, 0.3) is 6.08 Å². The highest BCUT2D eigenvalue weighted by Crippen LogP contribution is 2.84. The number of aryl methyl sites for hydroxylation is 1. The minimum absolute atomic E-state index is 0.00710. The molecule has 13 unspecified atom stereocenters. The van der Waals surface area contributed by atoms with Gasteiger partial charge < -0.3 is 42.3 Å². The number of aliphatic hydroxyl groups is 4. The zero-order chi connectivity index (χ0) is 46.5. The van der Waals surface area contributed by atoms with E-state index in [9.17, 15) is 35.1 Å². The molecule has 10 N–H and O–H groups in total. The minimum Gasteiger partial charge on any atom is -0.478 e. The number of benzene rings is 1. The first-order chi connectivity index (χ1) is 30.6. The van der Waals surface area contributed by atoms with Gasteiger partial charge in [0.15, 0.2) is 11.7 Å². The summed E-state index contributed by atoms with van der Waals surface area (Å²) >= 11 is 0. The number of hydrogen-bond acceptors (Lipinski definition) is 9. The van der Waals surface area contributed by atoms with Crippen LogP contribution in [0, 0.1) is 56.7 Å². The molecule has 4 bridgehead atoms. The Labute approximate surface area is 381 Å². The number of ketones is 2. The van der Waals surface area contributed by atoms with Crippen molar-refractivity contribution in [3.63, 3.8) is 0 Å². The lowest BCUT2D eigenvalue weighted by atomic mass is 9.33. The van der Waals surface area contributed by atoms with Crippen LogP contribution >= 0.6 is 0 Å². The van der Waals surface area contributed by atoms with Crippen LogP contribution in [0.15, 0.2) is 81.4 Å². The molecule has 2 spiro atoms. The summed E-state index contributed by atoms with van der Waals surface area (Å²) in [4.78, 5) is 48.1. The summed E-state index contributed by atoms with van der Waals surface area (Å²) in [6.45, 7) is 8.24. The highest BCUT2D eigenvalue weighted by molar-refractivity contribution is 6.02. The van der Waals surface area contributed by atoms with Crippen LogP contribution in [-0.4, -0.2) is 91.1 Å². The summed E-state index contributed by atoms with van der Waals surface area (Å²) in [5.41, 5.74) is 3.53. The van der Waals surface area contributed by atoms with E-state index >= 15 is 4.79 Å². The lowest BCUT2D eigenvalue weighted by Gasteiger charge is -2.70. The second kappa shape index (κ2) is 14.0. The first-order valence-electron chi connectivity index (χ1n) is 23.6. The fourth-order valence-electron chi connectivity index (χ4n) is 16.8. The third-order valence-corrected chi connectivity index (χ3v) is 19.6. The number of allylic oxidation sites excluding steroid dienone is 2. The molecule has 3 saturated carbocycles. The first kappa shape index (κ1) is 44.2. The molecule has 0 aliphatic heterocycles. The number of carboxylic acid groups (broad SMARTS) is 1. The summed E-state index contributed by atoms with van der Waals surface area (Å²) in [6, 6.07) is 8.24. The molecule has 0 amide bonds. The number of nitrogens with one attached hydrogen (secondary N) is 1. The third kappa shape index (κ3) is 5.12. The van der Waals surface area contributed by atoms with Crippen LogP contribution in [0.3, 0.4) is 0 Å². The number of guanidine groups is 1. The van der Waals surface area contributed by atoms with Gasteiger partial charge in [0.25, 0.3) is 0 Å². The van der Waals surface area contributed by atoms with E-state index in [0.29, 0.717) is 37.0 Å². The number of aliphatic imine (C=N–C) groups is 1. The molecule has 344 valence electrons. The predicted molar refractivity (Wildman–Crippen MR) is 245 cm³/mol. The summed E-state index contributed by atoms with van der Waals surface area (Å²) in [6.07, 6.45) is 10.6. The van der Waals surface area contributed by atoms with Crippen LogP contribution in [-0.2, 0) is 20.8 Å². The molecule has 3 fully saturated rings. The minimum atomic E-state index is -2.24. The van der Waals surface area contributed by atoms with Crippen LogP contribution in [0.5, 0.6) is 0 Å². The Morgan fingerprint density at radius 2 is 1.69 bits per heavy atom. The van der Waals surface area contributed by atoms with E-state index in [1.54, 1.807) is 25.3 Å². The van der Waals surface area contributed by atoms with Crippen molar-refractivity contribution in [1.29, 1.82) is 0 Å². The van der Waals surface area contributed by atoms with Crippen LogP contribution in [0.1, 0.15) is 109 Å². The Hall–Kier alpha value is -4.64. The Kier molecular flexibility index (Phi) is 9.49. The first-order valence-corrected chi connectivity index (χ1v) is 23.6. The summed E-state index contributed by atoms with van der Waals surface area (Å²) in [5.74, 6) is 3.06. The number of aliphatic hydroxyl groups excluding tert-OH is 1. The molecular formula is C53H64N4O8. The van der Waals surface area contributed by atoms with Gasteiger partial charge in [-0.15, -0.1) is 11.8 Å².